The second-order valence-corrected chi connectivity index (χ2v) is 8.06. The molecule has 132 valence electrons. The van der Waals surface area contributed by atoms with Crippen LogP contribution >= 0.6 is 0 Å². The first-order valence-electron chi connectivity index (χ1n) is 8.23. The highest BCUT2D eigenvalue weighted by molar-refractivity contribution is 7.89. The Labute approximate surface area is 148 Å². The Bertz CT molecular complexity index is 888. The Hall–Kier alpha value is -2.18. The number of hydrogen-bond acceptors (Lipinski definition) is 4. The van der Waals surface area contributed by atoms with E-state index in [2.05, 4.69) is 10.8 Å². The van der Waals surface area contributed by atoms with Crippen molar-refractivity contribution in [2.24, 2.45) is 0 Å². The molecule has 6 heteroatoms. The van der Waals surface area contributed by atoms with Gasteiger partial charge in [-0.25, -0.2) is 13.1 Å². The molecule has 5 nitrogen and oxygen atoms in total. The van der Waals surface area contributed by atoms with Crippen molar-refractivity contribution in [1.29, 1.82) is 0 Å². The molecular formula is C19H21NO4S. The normalized spacial score (nSPS) is 14.6. The summed E-state index contributed by atoms with van der Waals surface area (Å²) >= 11 is 0. The minimum atomic E-state index is -3.62. The van der Waals surface area contributed by atoms with Crippen molar-refractivity contribution in [2.75, 3.05) is 6.61 Å². The minimum Gasteiger partial charge on any atom is -0.493 e. The maximum Gasteiger partial charge on any atom is 0.240 e. The van der Waals surface area contributed by atoms with Crippen LogP contribution in [0.4, 0.5) is 0 Å². The molecule has 0 spiro atoms. The summed E-state index contributed by atoms with van der Waals surface area (Å²) in [5.74, 6) is 0.827. The van der Waals surface area contributed by atoms with Crippen LogP contribution in [0.15, 0.2) is 47.4 Å². The van der Waals surface area contributed by atoms with Crippen molar-refractivity contribution >= 4 is 15.8 Å². The number of benzene rings is 2. The summed E-state index contributed by atoms with van der Waals surface area (Å²) in [4.78, 5) is 11.5. The van der Waals surface area contributed by atoms with E-state index < -0.39 is 10.0 Å². The Balaban J connectivity index is 1.68. The van der Waals surface area contributed by atoms with Gasteiger partial charge in [-0.05, 0) is 49.6 Å². The third-order valence-corrected chi connectivity index (χ3v) is 5.83. The molecule has 0 aliphatic carbocycles. The lowest BCUT2D eigenvalue weighted by Gasteiger charge is -2.15. The first-order valence-corrected chi connectivity index (χ1v) is 9.71. The molecule has 0 fully saturated rings. The van der Waals surface area contributed by atoms with Crippen molar-refractivity contribution in [2.45, 2.75) is 37.6 Å². The van der Waals surface area contributed by atoms with E-state index in [-0.39, 0.29) is 16.7 Å². The maximum absolute atomic E-state index is 12.5. The SMILES string of the molecule is CC(=O)c1ccc(S(=O)(=O)N[C@H](C)Cc2ccc3c(c2)CCO3)cc1. The van der Waals surface area contributed by atoms with Crippen LogP contribution in [0.3, 0.4) is 0 Å². The van der Waals surface area contributed by atoms with Gasteiger partial charge in [0, 0.05) is 18.0 Å². The number of hydrogen-bond donors (Lipinski definition) is 1. The quantitative estimate of drug-likeness (QED) is 0.805. The average Bonchev–Trinajstić information content (AvgIpc) is 3.02. The van der Waals surface area contributed by atoms with Gasteiger partial charge >= 0.3 is 0 Å². The zero-order valence-corrected chi connectivity index (χ0v) is 15.1. The monoisotopic (exact) mass is 359 g/mol. The Morgan fingerprint density at radius 3 is 2.60 bits per heavy atom. The molecular weight excluding hydrogens is 338 g/mol. The van der Waals surface area contributed by atoms with Crippen LogP contribution in [0.1, 0.15) is 35.3 Å². The smallest absolute Gasteiger partial charge is 0.240 e. The highest BCUT2D eigenvalue weighted by Gasteiger charge is 2.19. The second kappa shape index (κ2) is 6.98. The van der Waals surface area contributed by atoms with Gasteiger partial charge in [0.25, 0.3) is 0 Å². The highest BCUT2D eigenvalue weighted by Crippen LogP contribution is 2.26. The molecule has 25 heavy (non-hydrogen) atoms. The third kappa shape index (κ3) is 4.08. The van der Waals surface area contributed by atoms with Gasteiger partial charge in [0.2, 0.25) is 10.0 Å². The molecule has 0 saturated heterocycles. The number of nitrogens with one attached hydrogen (secondary N) is 1. The number of carbonyl (C=O) groups excluding carboxylic acids is 1. The zero-order chi connectivity index (χ0) is 18.0. The van der Waals surface area contributed by atoms with E-state index >= 15 is 0 Å². The Kier molecular flexibility index (Phi) is 4.92. The summed E-state index contributed by atoms with van der Waals surface area (Å²) in [5, 5.41) is 0. The number of rotatable bonds is 6. The number of ether oxygens (including phenoxy) is 1. The number of fused-ring (bicyclic) bond motifs is 1. The van der Waals surface area contributed by atoms with Crippen molar-refractivity contribution in [1.82, 2.24) is 4.72 Å². The minimum absolute atomic E-state index is 0.0918. The molecule has 0 radical (unpaired) electrons. The molecule has 1 atom stereocenters. The topological polar surface area (TPSA) is 72.5 Å². The van der Waals surface area contributed by atoms with Crippen molar-refractivity contribution in [3.8, 4) is 5.75 Å². The second-order valence-electron chi connectivity index (χ2n) is 6.35. The van der Waals surface area contributed by atoms with E-state index in [0.717, 1.165) is 17.7 Å². The van der Waals surface area contributed by atoms with Gasteiger partial charge in [-0.3, -0.25) is 4.79 Å². The lowest BCUT2D eigenvalue weighted by molar-refractivity contribution is 0.101. The molecule has 1 aliphatic heterocycles. The van der Waals surface area contributed by atoms with Crippen LogP contribution in [-0.2, 0) is 22.9 Å². The predicted octanol–water partition coefficient (Wildman–Crippen LogP) is 2.73. The molecule has 1 N–H and O–H groups in total. The summed E-state index contributed by atoms with van der Waals surface area (Å²) in [5.41, 5.74) is 2.74. The molecule has 2 aromatic carbocycles. The molecule has 0 unspecified atom stereocenters. The highest BCUT2D eigenvalue weighted by atomic mass is 32.2. The molecule has 0 bridgehead atoms. The Morgan fingerprint density at radius 2 is 1.92 bits per heavy atom. The van der Waals surface area contributed by atoms with E-state index in [1.54, 1.807) is 0 Å². The summed E-state index contributed by atoms with van der Waals surface area (Å²) < 4.78 is 33.2. The maximum atomic E-state index is 12.5. The third-order valence-electron chi connectivity index (χ3n) is 4.22. The summed E-state index contributed by atoms with van der Waals surface area (Å²) in [6.45, 7) is 3.99. The van der Waals surface area contributed by atoms with Crippen molar-refractivity contribution in [3.05, 3.63) is 59.2 Å². The van der Waals surface area contributed by atoms with Crippen LogP contribution in [-0.4, -0.2) is 26.8 Å². The lowest BCUT2D eigenvalue weighted by Crippen LogP contribution is -2.34. The van der Waals surface area contributed by atoms with Crippen LogP contribution in [0.5, 0.6) is 5.75 Å². The first kappa shape index (κ1) is 17.6. The lowest BCUT2D eigenvalue weighted by atomic mass is 10.0. The molecule has 2 aromatic rings. The fourth-order valence-corrected chi connectivity index (χ4v) is 4.21. The van der Waals surface area contributed by atoms with E-state index in [1.165, 1.54) is 36.8 Å². The molecule has 0 saturated carbocycles. The van der Waals surface area contributed by atoms with Crippen LogP contribution in [0, 0.1) is 0 Å². The first-order chi connectivity index (χ1) is 11.8. The van der Waals surface area contributed by atoms with Crippen molar-refractivity contribution in [3.63, 3.8) is 0 Å². The van der Waals surface area contributed by atoms with E-state index in [1.807, 2.05) is 19.1 Å². The molecule has 1 aliphatic rings. The van der Waals surface area contributed by atoms with Gasteiger partial charge in [-0.2, -0.15) is 0 Å². The average molecular weight is 359 g/mol. The van der Waals surface area contributed by atoms with Crippen LogP contribution < -0.4 is 9.46 Å². The number of sulfonamides is 1. The number of ketones is 1. The summed E-state index contributed by atoms with van der Waals surface area (Å²) in [7, 11) is -3.62. The van der Waals surface area contributed by atoms with E-state index in [9.17, 15) is 13.2 Å². The fraction of sp³-hybridized carbons (Fsp3) is 0.316. The Morgan fingerprint density at radius 1 is 1.20 bits per heavy atom. The van der Waals surface area contributed by atoms with Gasteiger partial charge in [0.15, 0.2) is 5.78 Å². The van der Waals surface area contributed by atoms with Gasteiger partial charge in [-0.15, -0.1) is 0 Å². The fourth-order valence-electron chi connectivity index (χ4n) is 2.96. The van der Waals surface area contributed by atoms with Gasteiger partial charge in [0.05, 0.1) is 11.5 Å². The summed E-state index contributed by atoms with van der Waals surface area (Å²) in [6.07, 6.45) is 1.49. The van der Waals surface area contributed by atoms with Crippen molar-refractivity contribution < 1.29 is 17.9 Å². The molecule has 3 rings (SSSR count). The van der Waals surface area contributed by atoms with Gasteiger partial charge in [0.1, 0.15) is 5.75 Å². The molecule has 0 amide bonds. The predicted molar refractivity (Wildman–Crippen MR) is 95.6 cm³/mol. The zero-order valence-electron chi connectivity index (χ0n) is 14.3. The van der Waals surface area contributed by atoms with Gasteiger partial charge in [-0.1, -0.05) is 24.3 Å². The number of carbonyl (C=O) groups is 1. The molecule has 1 heterocycles. The van der Waals surface area contributed by atoms with Gasteiger partial charge < -0.3 is 4.74 Å². The molecule has 0 aromatic heterocycles. The summed E-state index contributed by atoms with van der Waals surface area (Å²) in [6, 6.07) is 11.7. The largest absolute Gasteiger partial charge is 0.493 e. The standard InChI is InChI=1S/C19H21NO4S/c1-13(11-15-3-8-19-17(12-15)9-10-24-19)20-25(22,23)18-6-4-16(5-7-18)14(2)21/h3-8,12-13,20H,9-11H2,1-2H3/t13-/m1/s1. The van der Waals surface area contributed by atoms with Crippen LogP contribution in [0.25, 0.3) is 0 Å². The number of Topliss-reactive ketones (excluding diaryl/α,β-unsaturated/α-hetero) is 1. The van der Waals surface area contributed by atoms with E-state index in [4.69, 9.17) is 4.74 Å². The van der Waals surface area contributed by atoms with E-state index in [0.29, 0.717) is 18.6 Å². The van der Waals surface area contributed by atoms with Crippen LogP contribution in [0.2, 0.25) is 0 Å².